The summed E-state index contributed by atoms with van der Waals surface area (Å²) in [6.07, 6.45) is 6.09. The van der Waals surface area contributed by atoms with E-state index in [1.54, 1.807) is 0 Å². The van der Waals surface area contributed by atoms with Gasteiger partial charge in [0.25, 0.3) is 0 Å². The van der Waals surface area contributed by atoms with Crippen molar-refractivity contribution in [3.8, 4) is 0 Å². The van der Waals surface area contributed by atoms with E-state index in [1.165, 1.54) is 19.3 Å². The smallest absolute Gasteiger partial charge is 0.241 e. The number of nitrogens with one attached hydrogen (secondary N) is 1. The molecule has 1 saturated carbocycles. The Bertz CT molecular complexity index is 344. The third-order valence-corrected chi connectivity index (χ3v) is 5.85. The van der Waals surface area contributed by atoms with Crippen molar-refractivity contribution < 1.29 is 4.79 Å². The molecular formula is C17H32N2O. The number of carbonyl (C=O) groups excluding carboxylic acids is 1. The van der Waals surface area contributed by atoms with Crippen molar-refractivity contribution in [2.45, 2.75) is 85.0 Å². The van der Waals surface area contributed by atoms with Crippen molar-refractivity contribution in [3.05, 3.63) is 0 Å². The number of amides is 1. The van der Waals surface area contributed by atoms with E-state index in [1.807, 2.05) is 0 Å². The van der Waals surface area contributed by atoms with Gasteiger partial charge in [-0.25, -0.2) is 0 Å². The lowest BCUT2D eigenvalue weighted by Gasteiger charge is -2.42. The second-order valence-corrected chi connectivity index (χ2v) is 7.03. The first-order chi connectivity index (χ1) is 9.51. The zero-order valence-corrected chi connectivity index (χ0v) is 13.9. The van der Waals surface area contributed by atoms with Gasteiger partial charge in [-0.05, 0) is 30.6 Å². The van der Waals surface area contributed by atoms with Crippen molar-refractivity contribution in [2.75, 3.05) is 0 Å². The average Bonchev–Trinajstić information content (AvgIpc) is 2.78. The van der Waals surface area contributed by atoms with E-state index >= 15 is 0 Å². The summed E-state index contributed by atoms with van der Waals surface area (Å²) in [5, 5.41) is 3.60. The molecule has 0 bridgehead atoms. The van der Waals surface area contributed by atoms with E-state index in [0.717, 1.165) is 18.8 Å². The lowest BCUT2D eigenvalue weighted by molar-refractivity contribution is -0.135. The zero-order valence-electron chi connectivity index (χ0n) is 13.9. The van der Waals surface area contributed by atoms with Crippen LogP contribution in [0, 0.1) is 17.8 Å². The molecule has 6 unspecified atom stereocenters. The zero-order chi connectivity index (χ0) is 14.9. The molecule has 2 fully saturated rings. The maximum Gasteiger partial charge on any atom is 0.241 e. The van der Waals surface area contributed by atoms with Crippen molar-refractivity contribution in [3.63, 3.8) is 0 Å². The van der Waals surface area contributed by atoms with E-state index in [2.05, 4.69) is 44.8 Å². The molecule has 0 spiro atoms. The highest BCUT2D eigenvalue weighted by Gasteiger charge is 2.45. The van der Waals surface area contributed by atoms with Gasteiger partial charge in [0.05, 0.1) is 12.2 Å². The molecule has 1 saturated heterocycles. The molecule has 20 heavy (non-hydrogen) atoms. The largest absolute Gasteiger partial charge is 0.323 e. The van der Waals surface area contributed by atoms with Crippen LogP contribution < -0.4 is 5.32 Å². The minimum Gasteiger partial charge on any atom is -0.323 e. The van der Waals surface area contributed by atoms with Crippen LogP contribution >= 0.6 is 0 Å². The van der Waals surface area contributed by atoms with Crippen LogP contribution in [0.25, 0.3) is 0 Å². The quantitative estimate of drug-likeness (QED) is 0.856. The molecule has 0 aromatic carbocycles. The summed E-state index contributed by atoms with van der Waals surface area (Å²) >= 11 is 0. The van der Waals surface area contributed by atoms with Gasteiger partial charge in [0.1, 0.15) is 0 Å². The number of nitrogens with zero attached hydrogens (tertiary/aromatic N) is 1. The first-order valence-corrected chi connectivity index (χ1v) is 8.59. The minimum absolute atomic E-state index is 0.0365. The van der Waals surface area contributed by atoms with Crippen LogP contribution in [0.5, 0.6) is 0 Å². The molecular weight excluding hydrogens is 248 g/mol. The normalized spacial score (nSPS) is 40.1. The van der Waals surface area contributed by atoms with Gasteiger partial charge in [-0.3, -0.25) is 10.1 Å². The van der Waals surface area contributed by atoms with Crippen molar-refractivity contribution in [1.82, 2.24) is 10.2 Å². The molecule has 1 aliphatic heterocycles. The first kappa shape index (κ1) is 15.8. The van der Waals surface area contributed by atoms with Gasteiger partial charge >= 0.3 is 0 Å². The molecule has 1 aliphatic carbocycles. The Balaban J connectivity index is 2.18. The Labute approximate surface area is 124 Å². The minimum atomic E-state index is 0.0365. The Morgan fingerprint density at radius 1 is 1.30 bits per heavy atom. The van der Waals surface area contributed by atoms with E-state index in [-0.39, 0.29) is 12.2 Å². The lowest BCUT2D eigenvalue weighted by Crippen LogP contribution is -2.50. The van der Waals surface area contributed by atoms with E-state index < -0.39 is 0 Å². The topological polar surface area (TPSA) is 32.3 Å². The highest BCUT2D eigenvalue weighted by atomic mass is 16.2. The standard InChI is InChI=1S/C17H32N2O/c1-6-11(3)16-17(20)19(15(7-2)18-16)14-10-8-9-12(4)13(14)5/h11-16,18H,6-10H2,1-5H3. The maximum absolute atomic E-state index is 12.9. The van der Waals surface area contributed by atoms with Gasteiger partial charge < -0.3 is 4.90 Å². The summed E-state index contributed by atoms with van der Waals surface area (Å²) in [6.45, 7) is 11.2. The monoisotopic (exact) mass is 280 g/mol. The van der Waals surface area contributed by atoms with E-state index in [4.69, 9.17) is 0 Å². The molecule has 2 rings (SSSR count). The average molecular weight is 280 g/mol. The molecule has 0 aromatic heterocycles. The lowest BCUT2D eigenvalue weighted by atomic mass is 9.77. The number of carbonyl (C=O) groups is 1. The van der Waals surface area contributed by atoms with Crippen LogP contribution in [0.1, 0.15) is 66.7 Å². The molecule has 0 aromatic rings. The molecule has 1 heterocycles. The summed E-state index contributed by atoms with van der Waals surface area (Å²) in [4.78, 5) is 15.1. The van der Waals surface area contributed by atoms with Crippen molar-refractivity contribution in [2.24, 2.45) is 17.8 Å². The molecule has 0 radical (unpaired) electrons. The van der Waals surface area contributed by atoms with Crippen LogP contribution in [0.3, 0.4) is 0 Å². The van der Waals surface area contributed by atoms with Crippen LogP contribution in [0.4, 0.5) is 0 Å². The van der Waals surface area contributed by atoms with E-state index in [0.29, 0.717) is 23.8 Å². The Kier molecular flexibility index (Phi) is 5.11. The predicted molar refractivity (Wildman–Crippen MR) is 83.3 cm³/mol. The van der Waals surface area contributed by atoms with Crippen LogP contribution in [-0.2, 0) is 4.79 Å². The summed E-state index contributed by atoms with van der Waals surface area (Å²) in [6, 6.07) is 0.479. The van der Waals surface area contributed by atoms with Crippen LogP contribution in [-0.4, -0.2) is 29.1 Å². The van der Waals surface area contributed by atoms with Crippen LogP contribution in [0.15, 0.2) is 0 Å². The third kappa shape index (κ3) is 2.74. The Hall–Kier alpha value is -0.570. The fourth-order valence-electron chi connectivity index (χ4n) is 3.97. The molecule has 1 amide bonds. The number of rotatable bonds is 4. The van der Waals surface area contributed by atoms with E-state index in [9.17, 15) is 4.79 Å². The summed E-state index contributed by atoms with van der Waals surface area (Å²) in [5.74, 6) is 2.15. The number of hydrogen-bond donors (Lipinski definition) is 1. The molecule has 3 heteroatoms. The second-order valence-electron chi connectivity index (χ2n) is 7.03. The van der Waals surface area contributed by atoms with Gasteiger partial charge in [0.15, 0.2) is 0 Å². The number of hydrogen-bond acceptors (Lipinski definition) is 2. The maximum atomic E-state index is 12.9. The predicted octanol–water partition coefficient (Wildman–Crippen LogP) is 3.39. The van der Waals surface area contributed by atoms with Gasteiger partial charge in [-0.2, -0.15) is 0 Å². The van der Waals surface area contributed by atoms with Gasteiger partial charge in [-0.15, -0.1) is 0 Å². The first-order valence-electron chi connectivity index (χ1n) is 8.59. The summed E-state index contributed by atoms with van der Waals surface area (Å²) in [5.41, 5.74) is 0. The van der Waals surface area contributed by atoms with Gasteiger partial charge in [0.2, 0.25) is 5.91 Å². The fraction of sp³-hybridized carbons (Fsp3) is 0.941. The molecule has 1 N–H and O–H groups in total. The van der Waals surface area contributed by atoms with Gasteiger partial charge in [-0.1, -0.05) is 53.9 Å². The van der Waals surface area contributed by atoms with Gasteiger partial charge in [0, 0.05) is 6.04 Å². The molecule has 2 aliphatic rings. The third-order valence-electron chi connectivity index (χ3n) is 5.85. The van der Waals surface area contributed by atoms with Crippen molar-refractivity contribution >= 4 is 5.91 Å². The molecule has 3 nitrogen and oxygen atoms in total. The fourth-order valence-corrected chi connectivity index (χ4v) is 3.97. The summed E-state index contributed by atoms with van der Waals surface area (Å²) in [7, 11) is 0. The SMILES string of the molecule is CCC(C)C1NC(CC)N(C2CCCC(C)C2C)C1=O. The highest BCUT2D eigenvalue weighted by Crippen LogP contribution is 2.36. The highest BCUT2D eigenvalue weighted by molar-refractivity contribution is 5.85. The molecule has 116 valence electrons. The van der Waals surface area contributed by atoms with Crippen molar-refractivity contribution in [1.29, 1.82) is 0 Å². The molecule has 6 atom stereocenters. The Morgan fingerprint density at radius 3 is 2.60 bits per heavy atom. The second kappa shape index (κ2) is 6.46. The van der Waals surface area contributed by atoms with Crippen LogP contribution in [0.2, 0.25) is 0 Å². The Morgan fingerprint density at radius 2 is 2.00 bits per heavy atom. The summed E-state index contributed by atoms with van der Waals surface area (Å²) < 4.78 is 0.